The first-order valence-electron chi connectivity index (χ1n) is 8.88. The van der Waals surface area contributed by atoms with E-state index < -0.39 is 56.6 Å². The number of hydrogen-bond acceptors (Lipinski definition) is 8. The van der Waals surface area contributed by atoms with Crippen LogP contribution in [-0.2, 0) is 40.5 Å². The number of rotatable bonds is 7. The summed E-state index contributed by atoms with van der Waals surface area (Å²) in [6.07, 6.45) is -0.406. The summed E-state index contributed by atoms with van der Waals surface area (Å²) < 4.78 is 37.1. The highest BCUT2D eigenvalue weighted by Crippen LogP contribution is 2.40. The largest absolute Gasteiger partial charge is 0.477 e. The first-order chi connectivity index (χ1) is 14.5. The first kappa shape index (κ1) is 22.8. The maximum absolute atomic E-state index is 12.6. The third-order valence-corrected chi connectivity index (χ3v) is 6.91. The zero-order chi connectivity index (χ0) is 22.9. The molecule has 2 heterocycles. The maximum atomic E-state index is 12.6. The van der Waals surface area contributed by atoms with Crippen molar-refractivity contribution in [1.29, 1.82) is 0 Å². The molecule has 0 aliphatic carbocycles. The van der Waals surface area contributed by atoms with Gasteiger partial charge in [0.2, 0.25) is 5.91 Å². The summed E-state index contributed by atoms with van der Waals surface area (Å²) in [7, 11) is -4.53. The van der Waals surface area contributed by atoms with Crippen LogP contribution in [0.4, 0.5) is 0 Å². The van der Waals surface area contributed by atoms with E-state index in [1.165, 1.54) is 36.9 Å². The Hall–Kier alpha value is -2.90. The minimum absolute atomic E-state index is 0.0530. The minimum atomic E-state index is -4.53. The molecule has 1 aromatic rings. The van der Waals surface area contributed by atoms with Gasteiger partial charge in [-0.05, 0) is 11.6 Å². The lowest BCUT2D eigenvalue weighted by molar-refractivity contribution is -0.151. The molecule has 31 heavy (non-hydrogen) atoms. The first-order valence-corrected chi connectivity index (χ1v) is 11.4. The number of aliphatic carboxylic acids is 1. The summed E-state index contributed by atoms with van der Waals surface area (Å²) in [5.74, 6) is -3.07. The number of ether oxygens (including phenoxy) is 1. The molecule has 0 radical (unpaired) electrons. The zero-order valence-electron chi connectivity index (χ0n) is 16.1. The van der Waals surface area contributed by atoms with Gasteiger partial charge in [-0.3, -0.25) is 23.8 Å². The fraction of sp³-hybridized carbons (Fsp3) is 0.333. The number of carbonyl (C=O) groups excluding carboxylic acids is 3. The number of carboxylic acids is 1. The van der Waals surface area contributed by atoms with E-state index in [-0.39, 0.29) is 29.2 Å². The second kappa shape index (κ2) is 8.69. The minimum Gasteiger partial charge on any atom is -0.477 e. The molecule has 0 saturated carbocycles. The SMILES string of the molecule is CC(=O)OCC1=C(C(=O)O)N2C(=O)[C@@H](NC(=O)Cc3ccccc3S(=O)(=O)O)[C@H]2SC1. The predicted octanol–water partition coefficient (Wildman–Crippen LogP) is -0.222. The molecule has 0 aromatic heterocycles. The maximum Gasteiger partial charge on any atom is 0.352 e. The number of fused-ring (bicyclic) bond motifs is 1. The van der Waals surface area contributed by atoms with Crippen molar-refractivity contribution in [3.63, 3.8) is 0 Å². The average Bonchev–Trinajstić information content (AvgIpc) is 2.69. The van der Waals surface area contributed by atoms with Gasteiger partial charge in [-0.15, -0.1) is 11.8 Å². The quantitative estimate of drug-likeness (QED) is 0.275. The van der Waals surface area contributed by atoms with E-state index in [2.05, 4.69) is 5.32 Å². The summed E-state index contributed by atoms with van der Waals surface area (Å²) >= 11 is 1.20. The summed E-state index contributed by atoms with van der Waals surface area (Å²) in [5.41, 5.74) is 0.0404. The number of hydrogen-bond donors (Lipinski definition) is 3. The van der Waals surface area contributed by atoms with Crippen molar-refractivity contribution >= 4 is 45.6 Å². The molecule has 2 aliphatic rings. The molecule has 1 aromatic carbocycles. The van der Waals surface area contributed by atoms with Crippen molar-refractivity contribution in [2.75, 3.05) is 12.4 Å². The van der Waals surface area contributed by atoms with Gasteiger partial charge >= 0.3 is 11.9 Å². The van der Waals surface area contributed by atoms with Crippen molar-refractivity contribution in [3.05, 3.63) is 41.1 Å². The highest BCUT2D eigenvalue weighted by Gasteiger charge is 2.54. The number of amides is 2. The molecule has 0 bridgehead atoms. The van der Waals surface area contributed by atoms with Crippen LogP contribution in [0, 0.1) is 0 Å². The topological polar surface area (TPSA) is 167 Å². The molecule has 11 nitrogen and oxygen atoms in total. The van der Waals surface area contributed by atoms with Gasteiger partial charge in [0.1, 0.15) is 23.7 Å². The molecule has 2 atom stereocenters. The van der Waals surface area contributed by atoms with E-state index in [1.54, 1.807) is 0 Å². The normalized spacial score (nSPS) is 20.6. The molecule has 166 valence electrons. The highest BCUT2D eigenvalue weighted by atomic mass is 32.2. The molecule has 3 N–H and O–H groups in total. The van der Waals surface area contributed by atoms with Crippen LogP contribution < -0.4 is 5.32 Å². The Bertz CT molecular complexity index is 1100. The monoisotopic (exact) mass is 470 g/mol. The van der Waals surface area contributed by atoms with Gasteiger partial charge in [0.05, 0.1) is 11.3 Å². The Morgan fingerprint density at radius 1 is 1.29 bits per heavy atom. The van der Waals surface area contributed by atoms with E-state index in [0.717, 1.165) is 11.0 Å². The number of thioether (sulfide) groups is 1. The van der Waals surface area contributed by atoms with Crippen LogP contribution in [-0.4, -0.2) is 70.5 Å². The lowest BCUT2D eigenvalue weighted by atomic mass is 10.0. The van der Waals surface area contributed by atoms with E-state index in [1.807, 2.05) is 0 Å². The summed E-state index contributed by atoms with van der Waals surface area (Å²) in [6, 6.07) is 4.40. The predicted molar refractivity (Wildman–Crippen MR) is 106 cm³/mol. The van der Waals surface area contributed by atoms with Crippen LogP contribution in [0.5, 0.6) is 0 Å². The van der Waals surface area contributed by atoms with Crippen molar-refractivity contribution in [2.45, 2.75) is 29.7 Å². The zero-order valence-corrected chi connectivity index (χ0v) is 17.7. The number of carbonyl (C=O) groups is 4. The standard InChI is InChI=1S/C18H18N2O9S2/c1-9(21)29-7-11-8-30-17-14(16(23)20(17)15(11)18(24)25)19-13(22)6-10-4-2-3-5-12(10)31(26,27)28/h2-5,14,17H,6-8H2,1H3,(H,19,22)(H,24,25)(H,26,27,28)/t14-,17-/m1/s1. The fourth-order valence-corrected chi connectivity index (χ4v) is 5.33. The molecule has 13 heteroatoms. The number of nitrogens with zero attached hydrogens (tertiary/aromatic N) is 1. The molecule has 2 aliphatic heterocycles. The Balaban J connectivity index is 1.73. The smallest absolute Gasteiger partial charge is 0.352 e. The molecule has 2 amide bonds. The Morgan fingerprint density at radius 3 is 2.58 bits per heavy atom. The summed E-state index contributed by atoms with van der Waals surface area (Å²) in [5, 5.41) is 11.3. The van der Waals surface area contributed by atoms with Gasteiger partial charge in [0, 0.05) is 18.2 Å². The average molecular weight is 470 g/mol. The Labute approximate surface area is 181 Å². The van der Waals surface area contributed by atoms with Gasteiger partial charge in [-0.25, -0.2) is 4.79 Å². The van der Waals surface area contributed by atoms with Gasteiger partial charge < -0.3 is 15.2 Å². The Morgan fingerprint density at radius 2 is 1.97 bits per heavy atom. The lowest BCUT2D eigenvalue weighted by Crippen LogP contribution is -2.70. The van der Waals surface area contributed by atoms with Crippen molar-refractivity contribution in [2.24, 2.45) is 0 Å². The number of β-lactam (4-membered cyclic amide) rings is 1. The third kappa shape index (κ3) is 4.73. The van der Waals surface area contributed by atoms with Crippen molar-refractivity contribution < 1.29 is 42.0 Å². The van der Waals surface area contributed by atoms with Gasteiger partial charge in [-0.2, -0.15) is 8.42 Å². The number of benzene rings is 1. The van der Waals surface area contributed by atoms with E-state index in [4.69, 9.17) is 4.74 Å². The third-order valence-electron chi connectivity index (χ3n) is 4.62. The summed E-state index contributed by atoms with van der Waals surface area (Å²) in [4.78, 5) is 48.3. The van der Waals surface area contributed by atoms with Crippen LogP contribution in [0.3, 0.4) is 0 Å². The van der Waals surface area contributed by atoms with E-state index in [9.17, 15) is 37.3 Å². The Kier molecular flexibility index (Phi) is 6.38. The van der Waals surface area contributed by atoms with Crippen molar-refractivity contribution in [3.8, 4) is 0 Å². The van der Waals surface area contributed by atoms with Crippen LogP contribution in [0.15, 0.2) is 40.4 Å². The van der Waals surface area contributed by atoms with E-state index in [0.29, 0.717) is 0 Å². The van der Waals surface area contributed by atoms with Crippen LogP contribution in [0.2, 0.25) is 0 Å². The molecule has 3 rings (SSSR count). The molecular formula is C18H18N2O9S2. The molecular weight excluding hydrogens is 452 g/mol. The van der Waals surface area contributed by atoms with Crippen molar-refractivity contribution in [1.82, 2.24) is 10.2 Å². The van der Waals surface area contributed by atoms with Crippen LogP contribution in [0.25, 0.3) is 0 Å². The van der Waals surface area contributed by atoms with Gasteiger partial charge in [0.25, 0.3) is 16.0 Å². The second-order valence-electron chi connectivity index (χ2n) is 6.75. The lowest BCUT2D eigenvalue weighted by Gasteiger charge is -2.49. The van der Waals surface area contributed by atoms with E-state index >= 15 is 0 Å². The van der Waals surface area contributed by atoms with Gasteiger partial charge in [-0.1, -0.05) is 18.2 Å². The second-order valence-corrected chi connectivity index (χ2v) is 9.25. The number of nitrogens with one attached hydrogen (secondary N) is 1. The number of carboxylic acid groups (broad SMARTS) is 1. The van der Waals surface area contributed by atoms with Crippen LogP contribution in [0.1, 0.15) is 12.5 Å². The molecule has 0 spiro atoms. The highest BCUT2D eigenvalue weighted by molar-refractivity contribution is 8.00. The van der Waals surface area contributed by atoms with Crippen LogP contribution >= 0.6 is 11.8 Å². The van der Waals surface area contributed by atoms with Gasteiger partial charge in [0.15, 0.2) is 0 Å². The number of esters is 1. The summed E-state index contributed by atoms with van der Waals surface area (Å²) in [6.45, 7) is 0.921. The molecule has 1 saturated heterocycles. The molecule has 0 unspecified atom stereocenters. The fourth-order valence-electron chi connectivity index (χ4n) is 3.28. The molecule has 1 fully saturated rings.